The van der Waals surface area contributed by atoms with E-state index in [1.54, 1.807) is 13.4 Å². The van der Waals surface area contributed by atoms with E-state index in [4.69, 9.17) is 4.74 Å². The molecule has 0 amide bonds. The minimum Gasteiger partial charge on any atom is -0.379 e. The molecule has 0 aliphatic carbocycles. The van der Waals surface area contributed by atoms with Gasteiger partial charge < -0.3 is 15.0 Å². The van der Waals surface area contributed by atoms with Crippen LogP contribution in [-0.2, 0) is 4.74 Å². The summed E-state index contributed by atoms with van der Waals surface area (Å²) in [6, 6.07) is 0. The first-order valence-corrected chi connectivity index (χ1v) is 8.29. The Balaban J connectivity index is 1.85. The van der Waals surface area contributed by atoms with E-state index in [1.165, 1.54) is 0 Å². The number of aliphatic imine (C=N–C) groups is 1. The first kappa shape index (κ1) is 17.7. The number of nitrogens with zero attached hydrogens (tertiary/aromatic N) is 4. The zero-order valence-corrected chi connectivity index (χ0v) is 15.0. The fraction of sp³-hybridized carbons (Fsp3) is 0.812. The summed E-state index contributed by atoms with van der Waals surface area (Å²) in [5, 5.41) is 10.4. The summed E-state index contributed by atoms with van der Waals surface area (Å²) in [7, 11) is 3.60. The molecular weight excluding hydrogens is 292 g/mol. The number of nitrogens with one attached hydrogen (secondary N) is 2. The molecule has 2 N–H and O–H groups in total. The van der Waals surface area contributed by atoms with Gasteiger partial charge in [-0.15, -0.1) is 0 Å². The Hall–Kier alpha value is -1.63. The molecule has 0 spiro atoms. The van der Waals surface area contributed by atoms with Crippen LogP contribution in [-0.4, -0.2) is 65.9 Å². The van der Waals surface area contributed by atoms with Crippen LogP contribution in [0.15, 0.2) is 11.3 Å². The number of hydrogen-bond donors (Lipinski definition) is 2. The summed E-state index contributed by atoms with van der Waals surface area (Å²) < 4.78 is 5.61. The van der Waals surface area contributed by atoms with Crippen LogP contribution in [0.4, 0.5) is 0 Å². The third-order valence-corrected chi connectivity index (χ3v) is 4.52. The van der Waals surface area contributed by atoms with Crippen molar-refractivity contribution in [1.82, 2.24) is 25.4 Å². The number of methoxy groups -OCH3 is 1. The lowest BCUT2D eigenvalue weighted by Gasteiger charge is -2.35. The molecule has 1 aliphatic rings. The van der Waals surface area contributed by atoms with Crippen molar-refractivity contribution >= 4 is 5.96 Å². The van der Waals surface area contributed by atoms with Crippen molar-refractivity contribution in [3.05, 3.63) is 12.2 Å². The van der Waals surface area contributed by atoms with Gasteiger partial charge in [-0.1, -0.05) is 20.8 Å². The normalized spacial score (nSPS) is 19.0. The molecule has 1 unspecified atom stereocenters. The van der Waals surface area contributed by atoms with Crippen molar-refractivity contribution in [3.8, 4) is 0 Å². The predicted molar refractivity (Wildman–Crippen MR) is 91.5 cm³/mol. The maximum absolute atomic E-state index is 5.61. The molecule has 0 bridgehead atoms. The lowest BCUT2D eigenvalue weighted by Crippen LogP contribution is -2.49. The third kappa shape index (κ3) is 4.67. The number of aromatic nitrogens is 3. The quantitative estimate of drug-likeness (QED) is 0.650. The van der Waals surface area contributed by atoms with Gasteiger partial charge in [-0.2, -0.15) is 5.10 Å². The van der Waals surface area contributed by atoms with Gasteiger partial charge in [0.15, 0.2) is 5.96 Å². The fourth-order valence-electron chi connectivity index (χ4n) is 3.04. The number of guanidine groups is 1. The molecular formula is C16H30N6O. The maximum Gasteiger partial charge on any atom is 0.193 e. The van der Waals surface area contributed by atoms with Gasteiger partial charge in [0.1, 0.15) is 12.2 Å². The lowest BCUT2D eigenvalue weighted by molar-refractivity contribution is 0.0200. The lowest BCUT2D eigenvalue weighted by atomic mass is 9.89. The SMILES string of the molecule is CN=C(NCC(OC)C(C)(C)C)N1CCC(c2ncn[nH]2)CC1. The molecule has 1 atom stereocenters. The highest BCUT2D eigenvalue weighted by atomic mass is 16.5. The van der Waals surface area contributed by atoms with Crippen LogP contribution in [0.1, 0.15) is 45.4 Å². The molecule has 0 aromatic carbocycles. The van der Waals surface area contributed by atoms with E-state index in [2.05, 4.69) is 51.2 Å². The Labute approximate surface area is 138 Å². The molecule has 0 radical (unpaired) electrons. The van der Waals surface area contributed by atoms with Gasteiger partial charge in [-0.25, -0.2) is 4.98 Å². The Bertz CT molecular complexity index is 485. The molecule has 1 saturated heterocycles. The number of rotatable bonds is 4. The van der Waals surface area contributed by atoms with Crippen LogP contribution in [0.2, 0.25) is 0 Å². The predicted octanol–water partition coefficient (Wildman–Crippen LogP) is 1.62. The molecule has 23 heavy (non-hydrogen) atoms. The Morgan fingerprint density at radius 3 is 2.65 bits per heavy atom. The summed E-state index contributed by atoms with van der Waals surface area (Å²) in [5.74, 6) is 2.42. The van der Waals surface area contributed by atoms with Crippen LogP contribution in [0.25, 0.3) is 0 Å². The minimum atomic E-state index is 0.0971. The topological polar surface area (TPSA) is 78.4 Å². The number of aromatic amines is 1. The average Bonchev–Trinajstić information content (AvgIpc) is 3.05. The first-order valence-electron chi connectivity index (χ1n) is 8.29. The van der Waals surface area contributed by atoms with Crippen LogP contribution in [0.5, 0.6) is 0 Å². The van der Waals surface area contributed by atoms with E-state index in [0.717, 1.165) is 44.3 Å². The highest BCUT2D eigenvalue weighted by Gasteiger charge is 2.27. The van der Waals surface area contributed by atoms with Crippen molar-refractivity contribution in [2.75, 3.05) is 33.8 Å². The summed E-state index contributed by atoms with van der Waals surface area (Å²) in [4.78, 5) is 11.0. The standard InChI is InChI=1S/C16H30N6O/c1-16(2,3)13(23-5)10-18-15(17-4)22-8-6-12(7-9-22)14-19-11-20-21-14/h11-13H,6-10H2,1-5H3,(H,17,18)(H,19,20,21). The van der Waals surface area contributed by atoms with Crippen LogP contribution < -0.4 is 5.32 Å². The van der Waals surface area contributed by atoms with Gasteiger partial charge in [0.25, 0.3) is 0 Å². The summed E-state index contributed by atoms with van der Waals surface area (Å²) in [6.45, 7) is 9.27. The van der Waals surface area contributed by atoms with Gasteiger partial charge in [-0.3, -0.25) is 10.1 Å². The van der Waals surface area contributed by atoms with E-state index in [-0.39, 0.29) is 11.5 Å². The van der Waals surface area contributed by atoms with Crippen molar-refractivity contribution < 1.29 is 4.74 Å². The fourth-order valence-corrected chi connectivity index (χ4v) is 3.04. The second-order valence-corrected chi connectivity index (χ2v) is 7.15. The van der Waals surface area contributed by atoms with E-state index in [0.29, 0.717) is 5.92 Å². The second-order valence-electron chi connectivity index (χ2n) is 7.15. The highest BCUT2D eigenvalue weighted by molar-refractivity contribution is 5.80. The first-order chi connectivity index (χ1) is 11.0. The van der Waals surface area contributed by atoms with Crippen molar-refractivity contribution in [2.45, 2.75) is 45.6 Å². The number of H-pyrrole nitrogens is 1. The highest BCUT2D eigenvalue weighted by Crippen LogP contribution is 2.25. The van der Waals surface area contributed by atoms with Gasteiger partial charge in [0, 0.05) is 39.7 Å². The van der Waals surface area contributed by atoms with Crippen molar-refractivity contribution in [2.24, 2.45) is 10.4 Å². The van der Waals surface area contributed by atoms with Crippen LogP contribution >= 0.6 is 0 Å². The summed E-state index contributed by atoms with van der Waals surface area (Å²) in [6.07, 6.45) is 3.84. The molecule has 1 aromatic heterocycles. The molecule has 130 valence electrons. The Morgan fingerprint density at radius 2 is 2.17 bits per heavy atom. The zero-order chi connectivity index (χ0) is 16.9. The van der Waals surface area contributed by atoms with Crippen molar-refractivity contribution in [1.29, 1.82) is 0 Å². The molecule has 7 heteroatoms. The number of hydrogen-bond acceptors (Lipinski definition) is 4. The molecule has 2 heterocycles. The third-order valence-electron chi connectivity index (χ3n) is 4.52. The van der Waals surface area contributed by atoms with Gasteiger partial charge >= 0.3 is 0 Å². The van der Waals surface area contributed by atoms with E-state index >= 15 is 0 Å². The monoisotopic (exact) mass is 322 g/mol. The molecule has 0 saturated carbocycles. The van der Waals surface area contributed by atoms with Crippen LogP contribution in [0, 0.1) is 5.41 Å². The maximum atomic E-state index is 5.61. The number of ether oxygens (including phenoxy) is 1. The van der Waals surface area contributed by atoms with Gasteiger partial charge in [-0.05, 0) is 18.3 Å². The van der Waals surface area contributed by atoms with Crippen molar-refractivity contribution in [3.63, 3.8) is 0 Å². The molecule has 1 aliphatic heterocycles. The smallest absolute Gasteiger partial charge is 0.193 e. The average molecular weight is 322 g/mol. The summed E-state index contributed by atoms with van der Waals surface area (Å²) in [5.41, 5.74) is 0.0971. The Morgan fingerprint density at radius 1 is 1.48 bits per heavy atom. The molecule has 1 fully saturated rings. The van der Waals surface area contributed by atoms with Gasteiger partial charge in [0.2, 0.25) is 0 Å². The molecule has 7 nitrogen and oxygen atoms in total. The van der Waals surface area contributed by atoms with Crippen LogP contribution in [0.3, 0.4) is 0 Å². The van der Waals surface area contributed by atoms with E-state index in [9.17, 15) is 0 Å². The second kappa shape index (κ2) is 7.77. The number of likely N-dealkylation sites (tertiary alicyclic amines) is 1. The largest absolute Gasteiger partial charge is 0.379 e. The zero-order valence-electron chi connectivity index (χ0n) is 15.0. The van der Waals surface area contributed by atoms with E-state index in [1.807, 2.05) is 7.05 Å². The Kier molecular flexibility index (Phi) is 5.98. The van der Waals surface area contributed by atoms with E-state index < -0.39 is 0 Å². The minimum absolute atomic E-state index is 0.0971. The molecule has 1 aromatic rings. The van der Waals surface area contributed by atoms with Gasteiger partial charge in [0.05, 0.1) is 6.10 Å². The molecule has 2 rings (SSSR count). The summed E-state index contributed by atoms with van der Waals surface area (Å²) >= 11 is 0. The number of piperidine rings is 1.